The predicted molar refractivity (Wildman–Crippen MR) is 252 cm³/mol. The van der Waals surface area contributed by atoms with Crippen LogP contribution in [-0.4, -0.2) is 45.7 Å². The zero-order chi connectivity index (χ0) is 46.4. The van der Waals surface area contributed by atoms with Crippen LogP contribution >= 0.6 is 23.2 Å². The van der Waals surface area contributed by atoms with Crippen molar-refractivity contribution >= 4 is 67.1 Å². The van der Waals surface area contributed by atoms with Crippen molar-refractivity contribution in [2.24, 2.45) is 0 Å². The molecule has 15 nitrogen and oxygen atoms in total. The standard InChI is InChI=1S/C28H22ClN5O3.C20H14ClN5O2/c1-28(2,30-3)18-7-9-19(10-8-18)34-25-21(15-31-22-13-14-23(29)32-24(22)25)26(35)33(27(34)36)16-17-5-11-20(37-4)12-6-17;1-20(2,22-3)11-4-6-12(7-5-11)26-17-13(18(27)25-19(26)28)10-23-14-8-9-15(21)24-16(14)17/h5-15H,16H2,1-2,4H3;4-10H,1-2H3,(H,25,27,28). The van der Waals surface area contributed by atoms with Gasteiger partial charge in [-0.3, -0.25) is 38.2 Å². The molecule has 0 amide bonds. The molecule has 0 atom stereocenters. The molecular weight excluding hydrogens is 867 g/mol. The number of halogens is 2. The normalized spacial score (nSPS) is 11.6. The van der Waals surface area contributed by atoms with Crippen molar-refractivity contribution < 1.29 is 4.74 Å². The highest BCUT2D eigenvalue weighted by molar-refractivity contribution is 6.30. The van der Waals surface area contributed by atoms with Gasteiger partial charge in [0.1, 0.15) is 27.1 Å². The van der Waals surface area contributed by atoms with E-state index in [4.69, 9.17) is 41.1 Å². The first kappa shape index (κ1) is 43.7. The maximum absolute atomic E-state index is 14.0. The molecule has 0 aliphatic rings. The Morgan fingerprint density at radius 2 is 1.12 bits per heavy atom. The fourth-order valence-electron chi connectivity index (χ4n) is 7.31. The second-order valence-corrected chi connectivity index (χ2v) is 16.7. The number of nitrogens with zero attached hydrogens (tertiary/aromatic N) is 9. The van der Waals surface area contributed by atoms with Gasteiger partial charge in [-0.25, -0.2) is 32.7 Å². The minimum Gasteiger partial charge on any atom is -0.497 e. The van der Waals surface area contributed by atoms with Crippen LogP contribution in [0.3, 0.4) is 0 Å². The summed E-state index contributed by atoms with van der Waals surface area (Å²) in [5.41, 5.74) is 2.29. The van der Waals surface area contributed by atoms with Crippen molar-refractivity contribution in [3.05, 3.63) is 201 Å². The number of aromatic amines is 1. The number of methoxy groups -OCH3 is 1. The van der Waals surface area contributed by atoms with Crippen LogP contribution in [-0.2, 0) is 17.6 Å². The van der Waals surface area contributed by atoms with Crippen LogP contribution in [0.2, 0.25) is 10.3 Å². The molecule has 0 saturated carbocycles. The highest BCUT2D eigenvalue weighted by Crippen LogP contribution is 2.29. The summed E-state index contributed by atoms with van der Waals surface area (Å²) < 4.78 is 9.23. The molecule has 6 aromatic heterocycles. The zero-order valence-electron chi connectivity index (χ0n) is 35.4. The molecule has 0 fully saturated rings. The molecule has 65 heavy (non-hydrogen) atoms. The zero-order valence-corrected chi connectivity index (χ0v) is 36.9. The average molecular weight is 904 g/mol. The molecule has 1 N–H and O–H groups in total. The third-order valence-electron chi connectivity index (χ3n) is 11.0. The molecule has 0 unspecified atom stereocenters. The van der Waals surface area contributed by atoms with E-state index in [-0.39, 0.29) is 27.6 Å². The number of pyridine rings is 4. The number of H-pyrrole nitrogens is 1. The number of hydrogen-bond donors (Lipinski definition) is 1. The largest absolute Gasteiger partial charge is 0.497 e. The van der Waals surface area contributed by atoms with Crippen molar-refractivity contribution in [2.45, 2.75) is 45.3 Å². The van der Waals surface area contributed by atoms with E-state index in [1.165, 1.54) is 26.1 Å². The van der Waals surface area contributed by atoms with Gasteiger partial charge in [0.2, 0.25) is 0 Å². The fourth-order valence-corrected chi connectivity index (χ4v) is 7.60. The van der Waals surface area contributed by atoms with Crippen LogP contribution in [0, 0.1) is 13.1 Å². The Bertz CT molecular complexity index is 3700. The Kier molecular flexibility index (Phi) is 11.4. The van der Waals surface area contributed by atoms with Gasteiger partial charge in [0.25, 0.3) is 22.2 Å². The van der Waals surface area contributed by atoms with Crippen LogP contribution < -0.4 is 27.2 Å². The smallest absolute Gasteiger partial charge is 0.336 e. The molecule has 0 bridgehead atoms. The number of rotatable bonds is 7. The lowest BCUT2D eigenvalue weighted by Gasteiger charge is -2.17. The Balaban J connectivity index is 0.000000184. The summed E-state index contributed by atoms with van der Waals surface area (Å²) in [4.78, 5) is 79.6. The SMILES string of the molecule is [C-]#[N+]C(C)(C)c1ccc(-n2c(=O)[nH]c(=O)c3cnc4ccc(Cl)nc4c32)cc1.[C-]#[N+]C(C)(C)c1ccc(-n2c(=O)n(Cc3ccc(OC)cc3)c(=O)c3cnc4ccc(Cl)nc4c32)cc1. The van der Waals surface area contributed by atoms with E-state index in [1.807, 2.05) is 39.8 Å². The topological polar surface area (TPSA) is 168 Å². The van der Waals surface area contributed by atoms with Crippen LogP contribution in [0.25, 0.3) is 64.9 Å². The lowest BCUT2D eigenvalue weighted by Crippen LogP contribution is -2.40. The van der Waals surface area contributed by atoms with Crippen LogP contribution in [0.5, 0.6) is 5.75 Å². The van der Waals surface area contributed by atoms with Crippen molar-refractivity contribution in [2.75, 3.05) is 7.11 Å². The first-order chi connectivity index (χ1) is 31.0. The summed E-state index contributed by atoms with van der Waals surface area (Å²) >= 11 is 12.2. The van der Waals surface area contributed by atoms with Crippen LogP contribution in [0.4, 0.5) is 0 Å². The van der Waals surface area contributed by atoms with Gasteiger partial charge in [-0.05, 0) is 90.5 Å². The van der Waals surface area contributed by atoms with Gasteiger partial charge in [0.05, 0.1) is 57.9 Å². The van der Waals surface area contributed by atoms with Gasteiger partial charge in [0, 0.05) is 51.2 Å². The van der Waals surface area contributed by atoms with Gasteiger partial charge in [0.15, 0.2) is 0 Å². The van der Waals surface area contributed by atoms with Gasteiger partial charge < -0.3 is 14.4 Å². The molecule has 9 rings (SSSR count). The highest BCUT2D eigenvalue weighted by atomic mass is 35.5. The summed E-state index contributed by atoms with van der Waals surface area (Å²) in [6.07, 6.45) is 2.88. The first-order valence-corrected chi connectivity index (χ1v) is 20.6. The average Bonchev–Trinajstić information content (AvgIpc) is 3.31. The van der Waals surface area contributed by atoms with E-state index in [0.717, 1.165) is 16.7 Å². The van der Waals surface area contributed by atoms with Gasteiger partial charge in [-0.15, -0.1) is 0 Å². The third kappa shape index (κ3) is 8.11. The van der Waals surface area contributed by atoms with E-state index in [2.05, 4.69) is 34.6 Å². The summed E-state index contributed by atoms with van der Waals surface area (Å²) in [7, 11) is 1.57. The number of fused-ring (bicyclic) bond motifs is 6. The monoisotopic (exact) mass is 902 g/mol. The van der Waals surface area contributed by atoms with Gasteiger partial charge in [-0.1, -0.05) is 35.3 Å². The quantitative estimate of drug-likeness (QED) is 0.0938. The molecule has 0 aliphatic carbocycles. The molecule has 0 spiro atoms. The predicted octanol–water partition coefficient (Wildman–Crippen LogP) is 8.39. The number of aromatic nitrogens is 8. The van der Waals surface area contributed by atoms with E-state index < -0.39 is 33.6 Å². The Labute approximate surface area is 379 Å². The molecule has 17 heteroatoms. The molecule has 0 saturated heterocycles. The number of benzene rings is 3. The van der Waals surface area contributed by atoms with Crippen molar-refractivity contribution in [1.82, 2.24) is 38.6 Å². The Hall–Kier alpha value is -7.98. The molecule has 6 heterocycles. The second kappa shape index (κ2) is 17.0. The molecular formula is C48H36Cl2N10O5. The molecule has 0 radical (unpaired) electrons. The van der Waals surface area contributed by atoms with E-state index in [9.17, 15) is 19.2 Å². The Morgan fingerprint density at radius 3 is 1.62 bits per heavy atom. The minimum atomic E-state index is -0.718. The van der Waals surface area contributed by atoms with E-state index in [1.54, 1.807) is 92.0 Å². The fraction of sp³-hybridized carbons (Fsp3) is 0.167. The minimum absolute atomic E-state index is 0.0570. The van der Waals surface area contributed by atoms with E-state index in [0.29, 0.717) is 50.2 Å². The lowest BCUT2D eigenvalue weighted by atomic mass is 9.95. The second-order valence-electron chi connectivity index (χ2n) is 15.9. The highest BCUT2D eigenvalue weighted by Gasteiger charge is 2.27. The first-order valence-electron chi connectivity index (χ1n) is 19.9. The summed E-state index contributed by atoms with van der Waals surface area (Å²) in [5, 5.41) is 0.918. The molecule has 0 aliphatic heterocycles. The summed E-state index contributed by atoms with van der Waals surface area (Å²) in [5.74, 6) is 0.674. The summed E-state index contributed by atoms with van der Waals surface area (Å²) in [6.45, 7) is 22.2. The number of hydrogen-bond acceptors (Lipinski definition) is 9. The third-order valence-corrected chi connectivity index (χ3v) is 11.5. The maximum Gasteiger partial charge on any atom is 0.336 e. The van der Waals surface area contributed by atoms with Gasteiger partial charge >= 0.3 is 11.4 Å². The Morgan fingerprint density at radius 1 is 0.646 bits per heavy atom. The maximum atomic E-state index is 14.0. The number of ether oxygens (including phenoxy) is 1. The molecule has 322 valence electrons. The van der Waals surface area contributed by atoms with Crippen molar-refractivity contribution in [1.29, 1.82) is 0 Å². The van der Waals surface area contributed by atoms with Crippen LogP contribution in [0.15, 0.2) is 129 Å². The van der Waals surface area contributed by atoms with Gasteiger partial charge in [-0.2, -0.15) is 0 Å². The lowest BCUT2D eigenvalue weighted by molar-refractivity contribution is 0.414. The van der Waals surface area contributed by atoms with Crippen molar-refractivity contribution in [3.8, 4) is 17.1 Å². The molecule has 3 aromatic carbocycles. The number of nitrogens with one attached hydrogen (secondary N) is 1. The van der Waals surface area contributed by atoms with Crippen molar-refractivity contribution in [3.63, 3.8) is 0 Å². The summed E-state index contributed by atoms with van der Waals surface area (Å²) in [6, 6.07) is 28.0. The molecule has 9 aromatic rings. The van der Waals surface area contributed by atoms with Crippen LogP contribution in [0.1, 0.15) is 44.4 Å². The van der Waals surface area contributed by atoms with E-state index >= 15 is 0 Å².